The lowest BCUT2D eigenvalue weighted by atomic mass is 10.1. The summed E-state index contributed by atoms with van der Waals surface area (Å²) in [7, 11) is 0. The number of aromatic nitrogens is 1. The zero-order valence-corrected chi connectivity index (χ0v) is 14.0. The van der Waals surface area contributed by atoms with Crippen LogP contribution >= 0.6 is 0 Å². The first kappa shape index (κ1) is 16.2. The number of nitrogens with zero attached hydrogens (tertiary/aromatic N) is 2. The van der Waals surface area contributed by atoms with Gasteiger partial charge in [-0.3, -0.25) is 9.59 Å². The van der Waals surface area contributed by atoms with E-state index in [1.54, 1.807) is 11.1 Å². The van der Waals surface area contributed by atoms with Crippen LogP contribution in [0.4, 0.5) is 11.5 Å². The van der Waals surface area contributed by atoms with Crippen molar-refractivity contribution >= 4 is 23.3 Å². The van der Waals surface area contributed by atoms with Crippen LogP contribution < -0.4 is 10.2 Å². The molecular weight excluding hydrogens is 302 g/mol. The molecule has 0 spiro atoms. The Hall–Kier alpha value is -2.69. The summed E-state index contributed by atoms with van der Waals surface area (Å²) in [5, 5.41) is 2.83. The van der Waals surface area contributed by atoms with Crippen LogP contribution in [0.1, 0.15) is 24.5 Å². The van der Waals surface area contributed by atoms with Gasteiger partial charge in [-0.1, -0.05) is 25.1 Å². The van der Waals surface area contributed by atoms with Gasteiger partial charge in [0.15, 0.2) is 0 Å². The largest absolute Gasteiger partial charge is 0.312 e. The lowest BCUT2D eigenvalue weighted by Crippen LogP contribution is -2.28. The molecule has 1 atom stereocenters. The molecule has 2 amide bonds. The predicted molar refractivity (Wildman–Crippen MR) is 93.9 cm³/mol. The number of hydrogen-bond acceptors (Lipinski definition) is 3. The van der Waals surface area contributed by atoms with E-state index in [-0.39, 0.29) is 24.2 Å². The fourth-order valence-electron chi connectivity index (χ4n) is 2.88. The second-order valence-corrected chi connectivity index (χ2v) is 6.08. The third-order valence-corrected chi connectivity index (χ3v) is 4.40. The van der Waals surface area contributed by atoms with Crippen molar-refractivity contribution in [2.75, 3.05) is 16.8 Å². The summed E-state index contributed by atoms with van der Waals surface area (Å²) in [5.74, 6) is 0.0282. The molecule has 1 aromatic heterocycles. The Bertz CT molecular complexity index is 755. The van der Waals surface area contributed by atoms with Gasteiger partial charge >= 0.3 is 0 Å². The van der Waals surface area contributed by atoms with Crippen LogP contribution in [-0.2, 0) is 16.0 Å². The van der Waals surface area contributed by atoms with Gasteiger partial charge in [0, 0.05) is 24.8 Å². The Morgan fingerprint density at radius 3 is 2.71 bits per heavy atom. The quantitative estimate of drug-likeness (QED) is 0.941. The molecule has 0 unspecified atom stereocenters. The summed E-state index contributed by atoms with van der Waals surface area (Å²) >= 11 is 0. The van der Waals surface area contributed by atoms with Crippen LogP contribution in [0.15, 0.2) is 42.6 Å². The smallest absolute Gasteiger partial charge is 0.230 e. The molecule has 24 heavy (non-hydrogen) atoms. The number of benzene rings is 1. The number of carbonyl (C=O) groups excluding carboxylic acids is 2. The summed E-state index contributed by atoms with van der Waals surface area (Å²) in [4.78, 5) is 30.6. The van der Waals surface area contributed by atoms with Crippen molar-refractivity contribution in [3.63, 3.8) is 0 Å². The monoisotopic (exact) mass is 323 g/mol. The van der Waals surface area contributed by atoms with Crippen molar-refractivity contribution in [3.8, 4) is 0 Å². The van der Waals surface area contributed by atoms with E-state index < -0.39 is 0 Å². The van der Waals surface area contributed by atoms with Gasteiger partial charge in [-0.25, -0.2) is 4.98 Å². The van der Waals surface area contributed by atoms with Gasteiger partial charge in [0.1, 0.15) is 5.82 Å². The van der Waals surface area contributed by atoms with Crippen molar-refractivity contribution in [3.05, 3.63) is 53.7 Å². The van der Waals surface area contributed by atoms with Crippen LogP contribution in [0.2, 0.25) is 0 Å². The van der Waals surface area contributed by atoms with Gasteiger partial charge in [0.2, 0.25) is 11.8 Å². The zero-order chi connectivity index (χ0) is 17.1. The highest BCUT2D eigenvalue weighted by Gasteiger charge is 2.35. The number of anilines is 2. The first-order valence-electron chi connectivity index (χ1n) is 8.20. The number of carbonyl (C=O) groups is 2. The van der Waals surface area contributed by atoms with Crippen LogP contribution in [0.3, 0.4) is 0 Å². The lowest BCUT2D eigenvalue weighted by Gasteiger charge is -2.17. The molecule has 1 aliphatic rings. The highest BCUT2D eigenvalue weighted by molar-refractivity contribution is 6.03. The van der Waals surface area contributed by atoms with E-state index in [4.69, 9.17) is 0 Å². The summed E-state index contributed by atoms with van der Waals surface area (Å²) in [6, 6.07) is 11.6. The number of hydrogen-bond donors (Lipinski definition) is 1. The summed E-state index contributed by atoms with van der Waals surface area (Å²) in [6.07, 6.45) is 2.83. The van der Waals surface area contributed by atoms with Gasteiger partial charge in [0.25, 0.3) is 0 Å². The minimum Gasteiger partial charge on any atom is -0.312 e. The molecule has 1 aliphatic heterocycles. The topological polar surface area (TPSA) is 62.3 Å². The van der Waals surface area contributed by atoms with Crippen LogP contribution in [0.25, 0.3) is 0 Å². The molecule has 1 aromatic carbocycles. The normalized spacial score (nSPS) is 17.2. The van der Waals surface area contributed by atoms with Crippen LogP contribution in [0.5, 0.6) is 0 Å². The summed E-state index contributed by atoms with van der Waals surface area (Å²) < 4.78 is 0. The van der Waals surface area contributed by atoms with Crippen molar-refractivity contribution in [1.82, 2.24) is 4.98 Å². The minimum absolute atomic E-state index is 0.0165. The highest BCUT2D eigenvalue weighted by atomic mass is 16.2. The van der Waals surface area contributed by atoms with Crippen molar-refractivity contribution in [2.24, 2.45) is 5.92 Å². The van der Waals surface area contributed by atoms with Crippen LogP contribution in [-0.4, -0.2) is 23.3 Å². The molecule has 0 bridgehead atoms. The minimum atomic E-state index is -0.357. The second-order valence-electron chi connectivity index (χ2n) is 6.08. The van der Waals surface area contributed by atoms with Gasteiger partial charge in [0.05, 0.1) is 5.92 Å². The highest BCUT2D eigenvalue weighted by Crippen LogP contribution is 2.26. The fourth-order valence-corrected chi connectivity index (χ4v) is 2.88. The molecule has 124 valence electrons. The summed E-state index contributed by atoms with van der Waals surface area (Å²) in [5.41, 5.74) is 2.98. The fraction of sp³-hybridized carbons (Fsp3) is 0.316. The van der Waals surface area contributed by atoms with E-state index in [1.807, 2.05) is 43.3 Å². The molecule has 5 nitrogen and oxygen atoms in total. The molecular formula is C19H21N3O2. The maximum absolute atomic E-state index is 12.5. The maximum atomic E-state index is 12.5. The predicted octanol–water partition coefficient (Wildman–Crippen LogP) is 2.94. The number of aryl methyl sites for hydroxylation is 2. The third-order valence-electron chi connectivity index (χ3n) is 4.40. The van der Waals surface area contributed by atoms with E-state index >= 15 is 0 Å². The molecule has 3 rings (SSSR count). The van der Waals surface area contributed by atoms with Crippen molar-refractivity contribution in [2.45, 2.75) is 26.7 Å². The first-order chi connectivity index (χ1) is 11.6. The van der Waals surface area contributed by atoms with E-state index in [0.717, 1.165) is 17.7 Å². The molecule has 2 heterocycles. The van der Waals surface area contributed by atoms with E-state index in [1.165, 1.54) is 5.56 Å². The van der Waals surface area contributed by atoms with E-state index in [9.17, 15) is 9.59 Å². The number of pyridine rings is 1. The van der Waals surface area contributed by atoms with Crippen molar-refractivity contribution in [1.29, 1.82) is 0 Å². The maximum Gasteiger partial charge on any atom is 0.230 e. The second kappa shape index (κ2) is 6.83. The third kappa shape index (κ3) is 3.30. The Kier molecular flexibility index (Phi) is 4.60. The van der Waals surface area contributed by atoms with Gasteiger partial charge in [-0.2, -0.15) is 0 Å². The number of rotatable bonds is 4. The van der Waals surface area contributed by atoms with Crippen LogP contribution in [0, 0.1) is 12.8 Å². The molecule has 1 fully saturated rings. The van der Waals surface area contributed by atoms with E-state index in [2.05, 4.69) is 17.2 Å². The molecule has 2 aromatic rings. The standard InChI is InChI=1S/C19H21N3O2/c1-3-14-6-8-16(9-7-14)22-12-15(11-17(22)23)19(24)21-18-13(2)5-4-10-20-18/h4-10,15H,3,11-12H2,1-2H3,(H,20,21,24)/t15-/m1/s1. The Labute approximate surface area is 141 Å². The first-order valence-corrected chi connectivity index (χ1v) is 8.20. The zero-order valence-electron chi connectivity index (χ0n) is 14.0. The molecule has 0 radical (unpaired) electrons. The number of nitrogens with one attached hydrogen (secondary N) is 1. The lowest BCUT2D eigenvalue weighted by molar-refractivity contribution is -0.122. The SMILES string of the molecule is CCc1ccc(N2C[C@H](C(=O)Nc3ncccc3C)CC2=O)cc1. The van der Waals surface area contributed by atoms with E-state index in [0.29, 0.717) is 12.4 Å². The Balaban J connectivity index is 1.69. The Morgan fingerprint density at radius 2 is 2.04 bits per heavy atom. The number of amides is 2. The molecule has 5 heteroatoms. The molecule has 0 saturated carbocycles. The van der Waals surface area contributed by atoms with Crippen molar-refractivity contribution < 1.29 is 9.59 Å². The van der Waals surface area contributed by atoms with Gasteiger partial charge < -0.3 is 10.2 Å². The van der Waals surface area contributed by atoms with Gasteiger partial charge in [-0.15, -0.1) is 0 Å². The Morgan fingerprint density at radius 1 is 1.29 bits per heavy atom. The summed E-state index contributed by atoms with van der Waals surface area (Å²) in [6.45, 7) is 4.39. The average molecular weight is 323 g/mol. The molecule has 0 aliphatic carbocycles. The average Bonchev–Trinajstić information content (AvgIpc) is 2.99. The van der Waals surface area contributed by atoms with Gasteiger partial charge in [-0.05, 0) is 42.7 Å². The molecule has 1 saturated heterocycles. The molecule has 1 N–H and O–H groups in total.